The number of hydrogen-bond acceptors (Lipinski definition) is 4. The van der Waals surface area contributed by atoms with Gasteiger partial charge in [-0.25, -0.2) is 8.42 Å². The van der Waals surface area contributed by atoms with Crippen molar-refractivity contribution in [2.24, 2.45) is 0 Å². The second-order valence-corrected chi connectivity index (χ2v) is 11.0. The van der Waals surface area contributed by atoms with Gasteiger partial charge in [-0.2, -0.15) is 0 Å². The quantitative estimate of drug-likeness (QED) is 0.265. The van der Waals surface area contributed by atoms with Crippen molar-refractivity contribution in [1.29, 1.82) is 0 Å². The summed E-state index contributed by atoms with van der Waals surface area (Å²) in [5.41, 5.74) is 0.839. The lowest BCUT2D eigenvalue weighted by atomic mass is 10.2. The van der Waals surface area contributed by atoms with Gasteiger partial charge in [-0.05, 0) is 30.3 Å². The summed E-state index contributed by atoms with van der Waals surface area (Å²) in [7, 11) is -3.06. The molecule has 3 N–H and O–H groups in total. The molecule has 0 radical (unpaired) electrons. The number of thiocarbonyl (C=S) groups is 1. The number of rotatable bonds is 5. The number of sulfone groups is 1. The summed E-state index contributed by atoms with van der Waals surface area (Å²) in [4.78, 5) is 12.1. The van der Waals surface area contributed by atoms with E-state index in [1.54, 1.807) is 6.08 Å². The van der Waals surface area contributed by atoms with Gasteiger partial charge in [0.2, 0.25) is 9.70 Å². The molecule has 1 aliphatic heterocycles. The number of carbonyl (C=O) groups is 1. The van der Waals surface area contributed by atoms with E-state index in [2.05, 4.69) is 16.0 Å². The molecule has 1 heterocycles. The fourth-order valence-electron chi connectivity index (χ4n) is 2.39. The maximum absolute atomic E-state index is 12.1. The van der Waals surface area contributed by atoms with Crippen LogP contribution >= 0.6 is 47.0 Å². The molecule has 1 amide bonds. The Morgan fingerprint density at radius 1 is 1.22 bits per heavy atom. The lowest BCUT2D eigenvalue weighted by molar-refractivity contribution is -0.117. The number of carbonyl (C=O) groups excluding carboxylic acids is 1. The Labute approximate surface area is 178 Å². The Hall–Kier alpha value is -1.06. The van der Waals surface area contributed by atoms with E-state index in [1.807, 2.05) is 30.3 Å². The highest BCUT2D eigenvalue weighted by Crippen LogP contribution is 2.29. The Kier molecular flexibility index (Phi) is 7.76. The zero-order chi connectivity index (χ0) is 20.1. The monoisotopic (exact) mass is 469 g/mol. The largest absolute Gasteiger partial charge is 0.359 e. The number of nitrogens with one attached hydrogen (secondary N) is 3. The van der Waals surface area contributed by atoms with Crippen LogP contribution in [0, 0.1) is 0 Å². The van der Waals surface area contributed by atoms with Gasteiger partial charge in [-0.15, -0.1) is 0 Å². The molecular formula is C16H18Cl3N3O3S2. The molecule has 1 aromatic rings. The summed E-state index contributed by atoms with van der Waals surface area (Å²) in [6, 6.07) is 8.91. The molecule has 0 spiro atoms. The second-order valence-electron chi connectivity index (χ2n) is 5.94. The van der Waals surface area contributed by atoms with Gasteiger partial charge in [-0.1, -0.05) is 65.1 Å². The molecule has 0 aromatic heterocycles. The fourth-order valence-corrected chi connectivity index (χ4v) is 4.68. The molecule has 6 nitrogen and oxygen atoms in total. The van der Waals surface area contributed by atoms with Crippen LogP contribution in [0.15, 0.2) is 36.4 Å². The second kappa shape index (κ2) is 9.43. The zero-order valence-electron chi connectivity index (χ0n) is 14.0. The normalized spacial score (nSPS) is 20.2. The van der Waals surface area contributed by atoms with E-state index in [1.165, 1.54) is 6.08 Å². The highest BCUT2D eigenvalue weighted by atomic mass is 35.6. The first-order valence-corrected chi connectivity index (χ1v) is 11.3. The van der Waals surface area contributed by atoms with Crippen molar-refractivity contribution in [3.05, 3.63) is 42.0 Å². The van der Waals surface area contributed by atoms with Gasteiger partial charge in [0.15, 0.2) is 14.9 Å². The molecule has 0 saturated carbocycles. The van der Waals surface area contributed by atoms with Crippen molar-refractivity contribution in [2.45, 2.75) is 22.4 Å². The first-order valence-electron chi connectivity index (χ1n) is 7.93. The van der Waals surface area contributed by atoms with Gasteiger partial charge in [0.05, 0.1) is 11.5 Å². The SMILES string of the molecule is O=C(/C=C/c1ccccc1)NC(NC(=S)NC1CCS(=O)(=O)C1)C(Cl)(Cl)Cl. The standard InChI is InChI=1S/C16H18Cl3N3O3S2/c17-16(18,19)14(21-13(23)7-6-11-4-2-1-3-5-11)22-15(26)20-12-8-9-27(24,25)10-12/h1-7,12,14H,8-10H2,(H,21,23)(H2,20,22,26)/b7-6+. The first-order chi connectivity index (χ1) is 12.5. The van der Waals surface area contributed by atoms with E-state index in [-0.39, 0.29) is 22.7 Å². The van der Waals surface area contributed by atoms with E-state index in [0.29, 0.717) is 6.42 Å². The molecule has 0 aliphatic carbocycles. The number of alkyl halides is 3. The van der Waals surface area contributed by atoms with Crippen molar-refractivity contribution in [2.75, 3.05) is 11.5 Å². The summed E-state index contributed by atoms with van der Waals surface area (Å²) in [5.74, 6) is -0.407. The van der Waals surface area contributed by atoms with E-state index < -0.39 is 25.7 Å². The maximum atomic E-state index is 12.1. The fraction of sp³-hybridized carbons (Fsp3) is 0.375. The minimum atomic E-state index is -3.06. The lowest BCUT2D eigenvalue weighted by Gasteiger charge is -2.28. The third kappa shape index (κ3) is 7.83. The van der Waals surface area contributed by atoms with Crippen molar-refractivity contribution in [3.63, 3.8) is 0 Å². The third-order valence-electron chi connectivity index (χ3n) is 3.68. The lowest BCUT2D eigenvalue weighted by Crippen LogP contribution is -2.58. The highest BCUT2D eigenvalue weighted by Gasteiger charge is 2.35. The van der Waals surface area contributed by atoms with Crippen LogP contribution in [0.4, 0.5) is 0 Å². The summed E-state index contributed by atoms with van der Waals surface area (Å²) < 4.78 is 21.1. The summed E-state index contributed by atoms with van der Waals surface area (Å²) in [6.45, 7) is 0. The molecule has 2 atom stereocenters. The Balaban J connectivity index is 1.93. The van der Waals surface area contributed by atoms with Crippen LogP contribution in [-0.4, -0.2) is 46.9 Å². The van der Waals surface area contributed by atoms with Gasteiger partial charge in [0.25, 0.3) is 0 Å². The van der Waals surface area contributed by atoms with Crippen molar-refractivity contribution in [1.82, 2.24) is 16.0 Å². The van der Waals surface area contributed by atoms with Crippen LogP contribution < -0.4 is 16.0 Å². The van der Waals surface area contributed by atoms with E-state index in [4.69, 9.17) is 47.0 Å². The Morgan fingerprint density at radius 2 is 1.89 bits per heavy atom. The van der Waals surface area contributed by atoms with Crippen LogP contribution in [-0.2, 0) is 14.6 Å². The molecule has 2 rings (SSSR count). The van der Waals surface area contributed by atoms with Gasteiger partial charge in [0.1, 0.15) is 6.17 Å². The van der Waals surface area contributed by atoms with Gasteiger partial charge >= 0.3 is 0 Å². The molecule has 11 heteroatoms. The predicted molar refractivity (Wildman–Crippen MR) is 114 cm³/mol. The van der Waals surface area contributed by atoms with E-state index >= 15 is 0 Å². The molecule has 148 valence electrons. The molecule has 27 heavy (non-hydrogen) atoms. The van der Waals surface area contributed by atoms with E-state index in [0.717, 1.165) is 5.56 Å². The van der Waals surface area contributed by atoms with Crippen molar-refractivity contribution >= 4 is 74.0 Å². The van der Waals surface area contributed by atoms with E-state index in [9.17, 15) is 13.2 Å². The molecule has 0 bridgehead atoms. The average Bonchev–Trinajstić information content (AvgIpc) is 2.91. The number of hydrogen-bond donors (Lipinski definition) is 3. The average molecular weight is 471 g/mol. The topological polar surface area (TPSA) is 87.3 Å². The van der Waals surface area contributed by atoms with Crippen LogP contribution in [0.5, 0.6) is 0 Å². The van der Waals surface area contributed by atoms with Gasteiger partial charge < -0.3 is 16.0 Å². The predicted octanol–water partition coefficient (Wildman–Crippen LogP) is 2.16. The molecule has 1 aliphatic rings. The molecule has 1 fully saturated rings. The smallest absolute Gasteiger partial charge is 0.245 e. The number of halogens is 3. The van der Waals surface area contributed by atoms with Crippen LogP contribution in [0.25, 0.3) is 6.08 Å². The minimum absolute atomic E-state index is 0.0145. The highest BCUT2D eigenvalue weighted by molar-refractivity contribution is 7.91. The van der Waals surface area contributed by atoms with Crippen LogP contribution in [0.2, 0.25) is 0 Å². The summed E-state index contributed by atoms with van der Waals surface area (Å²) >= 11 is 22.9. The molecule has 2 unspecified atom stereocenters. The molecular weight excluding hydrogens is 453 g/mol. The third-order valence-corrected chi connectivity index (χ3v) is 6.34. The molecule has 1 aromatic carbocycles. The number of benzene rings is 1. The maximum Gasteiger partial charge on any atom is 0.245 e. The Morgan fingerprint density at radius 3 is 2.44 bits per heavy atom. The number of amides is 1. The summed E-state index contributed by atoms with van der Waals surface area (Å²) in [6.07, 6.45) is 2.24. The van der Waals surface area contributed by atoms with Crippen LogP contribution in [0.3, 0.4) is 0 Å². The van der Waals surface area contributed by atoms with Crippen molar-refractivity contribution in [3.8, 4) is 0 Å². The Bertz CT molecular complexity index is 811. The first kappa shape index (κ1) is 22.2. The molecule has 1 saturated heterocycles. The van der Waals surface area contributed by atoms with Gasteiger partial charge in [0, 0.05) is 12.1 Å². The van der Waals surface area contributed by atoms with Crippen molar-refractivity contribution < 1.29 is 13.2 Å². The van der Waals surface area contributed by atoms with Crippen LogP contribution in [0.1, 0.15) is 12.0 Å². The zero-order valence-corrected chi connectivity index (χ0v) is 17.9. The minimum Gasteiger partial charge on any atom is -0.359 e. The van der Waals surface area contributed by atoms with Gasteiger partial charge in [-0.3, -0.25) is 4.79 Å². The summed E-state index contributed by atoms with van der Waals surface area (Å²) in [5, 5.41) is 8.17.